The summed E-state index contributed by atoms with van der Waals surface area (Å²) in [5.74, 6) is 0. The summed E-state index contributed by atoms with van der Waals surface area (Å²) in [5.41, 5.74) is 0. The standard InChI is InChI=1S/C5H9FO5/c6-11-5-4(9)3(8)2(1-7)10-5/h2-5,7-9H,1H2/t2-,3-,4-,5?/m1/s1. The summed E-state index contributed by atoms with van der Waals surface area (Å²) in [6.07, 6.45) is -5.23. The van der Waals surface area contributed by atoms with Gasteiger partial charge in [-0.05, 0) is 4.53 Å². The molecule has 0 aromatic rings. The third-order valence-electron chi connectivity index (χ3n) is 1.59. The van der Waals surface area contributed by atoms with Gasteiger partial charge in [-0.25, -0.2) is 0 Å². The van der Waals surface area contributed by atoms with E-state index in [4.69, 9.17) is 15.3 Å². The summed E-state index contributed by atoms with van der Waals surface area (Å²) in [5, 5.41) is 26.4. The average molecular weight is 168 g/mol. The minimum absolute atomic E-state index is 0.488. The third kappa shape index (κ3) is 1.49. The van der Waals surface area contributed by atoms with Crippen molar-refractivity contribution in [1.29, 1.82) is 0 Å². The number of aliphatic hydroxyl groups is 3. The molecule has 3 N–H and O–H groups in total. The predicted octanol–water partition coefficient (Wildman–Crippen LogP) is -1.67. The molecule has 0 aromatic carbocycles. The molecule has 11 heavy (non-hydrogen) atoms. The van der Waals surface area contributed by atoms with Crippen LogP contribution in [-0.2, 0) is 9.68 Å². The van der Waals surface area contributed by atoms with Gasteiger partial charge < -0.3 is 20.1 Å². The van der Waals surface area contributed by atoms with Gasteiger partial charge in [0.05, 0.1) is 6.61 Å². The molecule has 1 unspecified atom stereocenters. The Kier molecular flexibility index (Phi) is 2.74. The fourth-order valence-corrected chi connectivity index (χ4v) is 0.939. The normalized spacial score (nSPS) is 44.7. The SMILES string of the molecule is OC[C@H]1OC(OF)[C@H](O)[C@@H]1O. The molecule has 4 atom stereocenters. The lowest BCUT2D eigenvalue weighted by atomic mass is 10.1. The van der Waals surface area contributed by atoms with Crippen molar-refractivity contribution in [2.75, 3.05) is 6.61 Å². The summed E-state index contributed by atoms with van der Waals surface area (Å²) in [4.78, 5) is 3.18. The number of aliphatic hydroxyl groups excluding tert-OH is 3. The topological polar surface area (TPSA) is 79.2 Å². The first-order valence-corrected chi connectivity index (χ1v) is 3.10. The van der Waals surface area contributed by atoms with E-state index in [9.17, 15) is 4.53 Å². The molecule has 1 aliphatic heterocycles. The van der Waals surface area contributed by atoms with Crippen molar-refractivity contribution in [1.82, 2.24) is 0 Å². The highest BCUT2D eigenvalue weighted by molar-refractivity contribution is 4.85. The van der Waals surface area contributed by atoms with Crippen LogP contribution in [0.25, 0.3) is 0 Å². The Morgan fingerprint density at radius 3 is 2.27 bits per heavy atom. The number of ether oxygens (including phenoxy) is 1. The van der Waals surface area contributed by atoms with Crippen molar-refractivity contribution in [3.05, 3.63) is 0 Å². The van der Waals surface area contributed by atoms with Crippen LogP contribution in [0, 0.1) is 0 Å². The third-order valence-corrected chi connectivity index (χ3v) is 1.59. The lowest BCUT2D eigenvalue weighted by Crippen LogP contribution is -2.33. The number of hydrogen-bond donors (Lipinski definition) is 3. The molecule has 1 rings (SSSR count). The van der Waals surface area contributed by atoms with Crippen molar-refractivity contribution < 1.29 is 29.5 Å². The Balaban J connectivity index is 2.53. The minimum atomic E-state index is -1.50. The first-order valence-electron chi connectivity index (χ1n) is 3.10. The molecular formula is C5H9FO5. The summed E-state index contributed by atoms with van der Waals surface area (Å²) in [6, 6.07) is 0. The second-order valence-electron chi connectivity index (χ2n) is 2.30. The van der Waals surface area contributed by atoms with Crippen LogP contribution in [0.2, 0.25) is 0 Å². The van der Waals surface area contributed by atoms with Crippen LogP contribution in [-0.4, -0.2) is 46.5 Å². The molecule has 1 saturated heterocycles. The Morgan fingerprint density at radius 2 is 2.00 bits per heavy atom. The van der Waals surface area contributed by atoms with Crippen molar-refractivity contribution in [3.63, 3.8) is 0 Å². The Morgan fingerprint density at radius 1 is 1.36 bits per heavy atom. The molecule has 0 aliphatic carbocycles. The Hall–Kier alpha value is -0.270. The highest BCUT2D eigenvalue weighted by Crippen LogP contribution is 2.21. The van der Waals surface area contributed by atoms with Crippen LogP contribution >= 0.6 is 0 Å². The van der Waals surface area contributed by atoms with E-state index < -0.39 is 31.2 Å². The van der Waals surface area contributed by atoms with E-state index >= 15 is 0 Å². The van der Waals surface area contributed by atoms with Crippen molar-refractivity contribution in [3.8, 4) is 0 Å². The monoisotopic (exact) mass is 168 g/mol. The van der Waals surface area contributed by atoms with Gasteiger partial charge in [-0.2, -0.15) is 4.94 Å². The van der Waals surface area contributed by atoms with Gasteiger partial charge in [-0.15, -0.1) is 0 Å². The van der Waals surface area contributed by atoms with Gasteiger partial charge in [0.25, 0.3) is 0 Å². The van der Waals surface area contributed by atoms with E-state index in [1.54, 1.807) is 0 Å². The van der Waals surface area contributed by atoms with Gasteiger partial charge in [0, 0.05) is 0 Å². The summed E-state index contributed by atoms with van der Waals surface area (Å²) in [6.45, 7) is -0.488. The molecular weight excluding hydrogens is 159 g/mol. The minimum Gasteiger partial charge on any atom is -0.394 e. The molecule has 1 fully saturated rings. The van der Waals surface area contributed by atoms with Crippen LogP contribution in [0.3, 0.4) is 0 Å². The fourth-order valence-electron chi connectivity index (χ4n) is 0.939. The summed E-state index contributed by atoms with van der Waals surface area (Å²) >= 11 is 0. The van der Waals surface area contributed by atoms with E-state index in [1.165, 1.54) is 0 Å². The van der Waals surface area contributed by atoms with Crippen LogP contribution in [0.1, 0.15) is 0 Å². The van der Waals surface area contributed by atoms with Crippen molar-refractivity contribution >= 4 is 0 Å². The lowest BCUT2D eigenvalue weighted by Gasteiger charge is -2.09. The highest BCUT2D eigenvalue weighted by atomic mass is 19.3. The second kappa shape index (κ2) is 3.42. The van der Waals surface area contributed by atoms with Crippen molar-refractivity contribution in [2.24, 2.45) is 0 Å². The predicted molar refractivity (Wildman–Crippen MR) is 30.0 cm³/mol. The fraction of sp³-hybridized carbons (Fsp3) is 1.00. The van der Waals surface area contributed by atoms with Gasteiger partial charge in [0.15, 0.2) is 0 Å². The van der Waals surface area contributed by atoms with E-state index in [0.717, 1.165) is 0 Å². The molecule has 6 heteroatoms. The summed E-state index contributed by atoms with van der Waals surface area (Å²) in [7, 11) is 0. The Labute approximate surface area is 61.9 Å². The zero-order valence-corrected chi connectivity index (χ0v) is 5.55. The van der Waals surface area contributed by atoms with E-state index in [0.29, 0.717) is 0 Å². The van der Waals surface area contributed by atoms with Gasteiger partial charge in [0.2, 0.25) is 6.29 Å². The first kappa shape index (κ1) is 8.82. The van der Waals surface area contributed by atoms with Crippen LogP contribution in [0.5, 0.6) is 0 Å². The van der Waals surface area contributed by atoms with Gasteiger partial charge in [-0.3, -0.25) is 0 Å². The van der Waals surface area contributed by atoms with Gasteiger partial charge >= 0.3 is 0 Å². The molecule has 0 aromatic heterocycles. The zero-order valence-electron chi connectivity index (χ0n) is 5.55. The van der Waals surface area contributed by atoms with Gasteiger partial charge in [-0.1, -0.05) is 0 Å². The second-order valence-corrected chi connectivity index (χ2v) is 2.30. The number of rotatable bonds is 2. The first-order chi connectivity index (χ1) is 5.20. The molecule has 0 saturated carbocycles. The largest absolute Gasteiger partial charge is 0.394 e. The molecule has 0 bridgehead atoms. The molecule has 1 heterocycles. The zero-order chi connectivity index (χ0) is 8.43. The summed E-state index contributed by atoms with van der Waals surface area (Å²) < 4.78 is 16.0. The van der Waals surface area contributed by atoms with Crippen LogP contribution in [0.4, 0.5) is 4.53 Å². The highest BCUT2D eigenvalue weighted by Gasteiger charge is 2.43. The van der Waals surface area contributed by atoms with Gasteiger partial charge in [0.1, 0.15) is 18.3 Å². The van der Waals surface area contributed by atoms with Crippen LogP contribution < -0.4 is 0 Å². The van der Waals surface area contributed by atoms with E-state index in [-0.39, 0.29) is 0 Å². The molecule has 66 valence electrons. The number of hydrogen-bond acceptors (Lipinski definition) is 5. The maximum atomic E-state index is 11.5. The molecule has 1 aliphatic rings. The molecule has 5 nitrogen and oxygen atoms in total. The maximum absolute atomic E-state index is 11.5. The smallest absolute Gasteiger partial charge is 0.225 e. The number of halogens is 1. The van der Waals surface area contributed by atoms with Crippen LogP contribution in [0.15, 0.2) is 0 Å². The quantitative estimate of drug-likeness (QED) is 0.459. The lowest BCUT2D eigenvalue weighted by molar-refractivity contribution is -0.287. The molecule has 0 spiro atoms. The molecule has 0 radical (unpaired) electrons. The maximum Gasteiger partial charge on any atom is 0.225 e. The van der Waals surface area contributed by atoms with E-state index in [1.807, 2.05) is 0 Å². The Bertz CT molecular complexity index is 114. The average Bonchev–Trinajstić information content (AvgIpc) is 2.30. The van der Waals surface area contributed by atoms with E-state index in [2.05, 4.69) is 9.68 Å². The van der Waals surface area contributed by atoms with Crippen molar-refractivity contribution in [2.45, 2.75) is 24.6 Å². The molecule has 0 amide bonds.